The van der Waals surface area contributed by atoms with Gasteiger partial charge in [0, 0.05) is 12.1 Å². The van der Waals surface area contributed by atoms with Crippen molar-refractivity contribution in [2.45, 2.75) is 6.18 Å². The molecule has 0 bridgehead atoms. The van der Waals surface area contributed by atoms with E-state index in [0.29, 0.717) is 5.52 Å². The number of fused-ring (bicyclic) bond motifs is 5. The quantitative estimate of drug-likeness (QED) is 0.470. The summed E-state index contributed by atoms with van der Waals surface area (Å²) in [6, 6.07) is 15.1. The first-order chi connectivity index (χ1) is 10.1. The Hall–Kier alpha value is -2.56. The van der Waals surface area contributed by atoms with E-state index in [0.717, 1.165) is 22.5 Å². The molecule has 0 aliphatic rings. The smallest absolute Gasteiger partial charge is 0.166 e. The second kappa shape index (κ2) is 3.97. The average Bonchev–Trinajstić information content (AvgIpc) is 2.84. The van der Waals surface area contributed by atoms with E-state index in [9.17, 15) is 13.2 Å². The number of benzene rings is 2. The molecular weight excluding hydrogens is 277 g/mol. The monoisotopic (exact) mass is 287 g/mol. The summed E-state index contributed by atoms with van der Waals surface area (Å²) in [6.45, 7) is 0. The zero-order valence-corrected chi connectivity index (χ0v) is 10.8. The lowest BCUT2D eigenvalue weighted by molar-refractivity contribution is -0.545. The Morgan fingerprint density at radius 1 is 0.762 bits per heavy atom. The zero-order valence-electron chi connectivity index (χ0n) is 10.8. The van der Waals surface area contributed by atoms with Crippen LogP contribution in [0.2, 0.25) is 0 Å². The Labute approximate surface area is 117 Å². The van der Waals surface area contributed by atoms with E-state index >= 15 is 0 Å². The third kappa shape index (κ3) is 1.70. The lowest BCUT2D eigenvalue weighted by Gasteiger charge is -2.07. The van der Waals surface area contributed by atoms with Crippen LogP contribution in [0.1, 0.15) is 5.56 Å². The summed E-state index contributed by atoms with van der Waals surface area (Å²) in [5, 5.41) is 4.32. The van der Waals surface area contributed by atoms with Crippen molar-refractivity contribution >= 4 is 27.3 Å². The van der Waals surface area contributed by atoms with Crippen LogP contribution in [0.3, 0.4) is 0 Å². The number of hydrogen-bond acceptors (Lipinski definition) is 0. The minimum absolute atomic E-state index is 0.189. The molecule has 0 aliphatic carbocycles. The van der Waals surface area contributed by atoms with Gasteiger partial charge in [-0.1, -0.05) is 22.7 Å². The molecule has 0 unspecified atom stereocenters. The average molecular weight is 287 g/mol. The molecule has 104 valence electrons. The number of hydrogen-bond donors (Lipinski definition) is 1. The van der Waals surface area contributed by atoms with Crippen LogP contribution in [0, 0.1) is 0 Å². The summed E-state index contributed by atoms with van der Waals surface area (Å²) in [7, 11) is 0. The number of pyridine rings is 1. The largest absolute Gasteiger partial charge is 0.417 e. The van der Waals surface area contributed by atoms with E-state index in [-0.39, 0.29) is 5.39 Å². The summed E-state index contributed by atoms with van der Waals surface area (Å²) < 4.78 is 41.0. The maximum Gasteiger partial charge on any atom is 0.417 e. The number of aromatic nitrogens is 2. The second-order valence-corrected chi connectivity index (χ2v) is 4.95. The summed E-state index contributed by atoms with van der Waals surface area (Å²) in [4.78, 5) is 0. The number of rotatable bonds is 0. The molecule has 5 heteroatoms. The van der Waals surface area contributed by atoms with Gasteiger partial charge in [-0.2, -0.15) is 18.3 Å². The van der Waals surface area contributed by atoms with Crippen molar-refractivity contribution in [3.63, 3.8) is 0 Å². The minimum atomic E-state index is -4.36. The van der Waals surface area contributed by atoms with Crippen molar-refractivity contribution in [2.75, 3.05) is 0 Å². The van der Waals surface area contributed by atoms with Gasteiger partial charge in [0.2, 0.25) is 11.0 Å². The van der Waals surface area contributed by atoms with Gasteiger partial charge in [0.15, 0.2) is 0 Å². The molecule has 0 spiro atoms. The van der Waals surface area contributed by atoms with Gasteiger partial charge in [0.25, 0.3) is 0 Å². The molecule has 0 fully saturated rings. The Morgan fingerprint density at radius 3 is 2.33 bits per heavy atom. The van der Waals surface area contributed by atoms with E-state index in [1.165, 1.54) is 12.1 Å². The van der Waals surface area contributed by atoms with Crippen LogP contribution in [0.4, 0.5) is 13.2 Å². The van der Waals surface area contributed by atoms with E-state index < -0.39 is 11.7 Å². The number of para-hydroxylation sites is 1. The maximum atomic E-state index is 13.1. The molecule has 4 rings (SSSR count). The molecule has 0 aliphatic heterocycles. The lowest BCUT2D eigenvalue weighted by Crippen LogP contribution is -2.24. The van der Waals surface area contributed by atoms with Crippen LogP contribution in [-0.4, -0.2) is 5.10 Å². The fourth-order valence-electron chi connectivity index (χ4n) is 2.79. The molecule has 0 atom stereocenters. The van der Waals surface area contributed by atoms with Gasteiger partial charge < -0.3 is 0 Å². The highest BCUT2D eigenvalue weighted by Crippen LogP contribution is 2.34. The van der Waals surface area contributed by atoms with Gasteiger partial charge in [-0.15, -0.1) is 0 Å². The predicted molar refractivity (Wildman–Crippen MR) is 74.0 cm³/mol. The van der Waals surface area contributed by atoms with Crippen molar-refractivity contribution < 1.29 is 17.7 Å². The molecule has 0 radical (unpaired) electrons. The SMILES string of the molecule is FC(F)(F)c1cccc2c1ccc1c3ccccc3[nH][n+]21. The van der Waals surface area contributed by atoms with Gasteiger partial charge >= 0.3 is 6.18 Å². The van der Waals surface area contributed by atoms with E-state index in [1.807, 2.05) is 24.3 Å². The Bertz CT molecular complexity index is 983. The van der Waals surface area contributed by atoms with Crippen molar-refractivity contribution in [2.24, 2.45) is 0 Å². The Kier molecular flexibility index (Phi) is 2.31. The fraction of sp³-hybridized carbons (Fsp3) is 0.0625. The molecule has 4 aromatic rings. The summed E-state index contributed by atoms with van der Waals surface area (Å²) in [5.74, 6) is 0. The number of nitrogens with zero attached hydrogens (tertiary/aromatic N) is 1. The third-order valence-corrected chi connectivity index (χ3v) is 3.71. The van der Waals surface area contributed by atoms with Crippen molar-refractivity contribution in [3.8, 4) is 0 Å². The van der Waals surface area contributed by atoms with Gasteiger partial charge in [-0.05, 0) is 24.3 Å². The molecule has 2 heterocycles. The lowest BCUT2D eigenvalue weighted by atomic mass is 10.1. The zero-order chi connectivity index (χ0) is 14.6. The number of aromatic amines is 1. The molecule has 0 saturated heterocycles. The molecule has 1 N–H and O–H groups in total. The highest BCUT2D eigenvalue weighted by molar-refractivity contribution is 5.93. The van der Waals surface area contributed by atoms with E-state index in [2.05, 4.69) is 5.10 Å². The first-order valence-corrected chi connectivity index (χ1v) is 6.47. The van der Waals surface area contributed by atoms with Crippen molar-refractivity contribution in [1.29, 1.82) is 0 Å². The highest BCUT2D eigenvalue weighted by atomic mass is 19.4. The topological polar surface area (TPSA) is 19.9 Å². The fourth-order valence-corrected chi connectivity index (χ4v) is 2.79. The van der Waals surface area contributed by atoms with Gasteiger partial charge in [-0.25, -0.2) is 0 Å². The number of nitrogens with one attached hydrogen (secondary N) is 1. The van der Waals surface area contributed by atoms with Crippen LogP contribution < -0.4 is 4.52 Å². The van der Waals surface area contributed by atoms with Crippen molar-refractivity contribution in [1.82, 2.24) is 5.10 Å². The maximum absolute atomic E-state index is 13.1. The Morgan fingerprint density at radius 2 is 1.52 bits per heavy atom. The molecule has 0 saturated carbocycles. The standard InChI is InChI=1S/C16H9F3N2/c17-16(18,19)12-5-3-7-14-10(12)8-9-15-11-4-1-2-6-13(11)20-21(14)15/h1-9H/p+1. The molecule has 2 aromatic heterocycles. The van der Waals surface area contributed by atoms with Crippen LogP contribution in [0.25, 0.3) is 27.3 Å². The summed E-state index contributed by atoms with van der Waals surface area (Å²) >= 11 is 0. The number of H-pyrrole nitrogens is 1. The predicted octanol–water partition coefficient (Wildman–Crippen LogP) is 4.08. The molecule has 21 heavy (non-hydrogen) atoms. The van der Waals surface area contributed by atoms with E-state index in [1.54, 1.807) is 16.6 Å². The first kappa shape index (κ1) is 12.2. The van der Waals surface area contributed by atoms with Crippen LogP contribution >= 0.6 is 0 Å². The number of halogens is 3. The number of alkyl halides is 3. The van der Waals surface area contributed by atoms with E-state index in [4.69, 9.17) is 0 Å². The first-order valence-electron chi connectivity index (χ1n) is 6.47. The van der Waals surface area contributed by atoms with Gasteiger partial charge in [-0.3, -0.25) is 0 Å². The van der Waals surface area contributed by atoms with Crippen LogP contribution in [0.5, 0.6) is 0 Å². The Balaban J connectivity index is 2.20. The van der Waals surface area contributed by atoms with Crippen LogP contribution in [-0.2, 0) is 6.18 Å². The summed E-state index contributed by atoms with van der Waals surface area (Å²) in [6.07, 6.45) is -4.36. The minimum Gasteiger partial charge on any atom is -0.166 e. The van der Waals surface area contributed by atoms with Crippen molar-refractivity contribution in [3.05, 3.63) is 60.2 Å². The highest BCUT2D eigenvalue weighted by Gasteiger charge is 2.34. The van der Waals surface area contributed by atoms with Crippen LogP contribution in [0.15, 0.2) is 54.6 Å². The second-order valence-electron chi connectivity index (χ2n) is 4.95. The third-order valence-electron chi connectivity index (χ3n) is 3.71. The molecule has 0 amide bonds. The normalized spacial score (nSPS) is 12.5. The summed E-state index contributed by atoms with van der Waals surface area (Å²) in [5.41, 5.74) is 1.64. The molecule has 2 aromatic carbocycles. The van der Waals surface area contributed by atoms with Gasteiger partial charge in [0.05, 0.1) is 16.3 Å². The molecule has 2 nitrogen and oxygen atoms in total. The molecular formula is C16H10F3N2+. The van der Waals surface area contributed by atoms with Gasteiger partial charge in [0.1, 0.15) is 5.52 Å².